The van der Waals surface area contributed by atoms with E-state index < -0.39 is 12.1 Å². The Morgan fingerprint density at radius 3 is 2.61 bits per heavy atom. The number of aromatic amines is 1. The number of hydrogen-bond donors (Lipinski definition) is 2. The maximum absolute atomic E-state index is 13.9. The van der Waals surface area contributed by atoms with E-state index in [-0.39, 0.29) is 24.1 Å². The number of carbonyl (C=O) groups is 3. The second-order valence-electron chi connectivity index (χ2n) is 11.9. The molecule has 1 fully saturated rings. The molecular formula is C34H40N8O4. The van der Waals surface area contributed by atoms with Gasteiger partial charge in [0.15, 0.2) is 0 Å². The molecular weight excluding hydrogens is 584 g/mol. The maximum Gasteiger partial charge on any atom is 0.271 e. The highest BCUT2D eigenvalue weighted by molar-refractivity contribution is 5.93. The Labute approximate surface area is 268 Å². The van der Waals surface area contributed by atoms with Crippen LogP contribution in [0.2, 0.25) is 0 Å². The molecule has 0 unspecified atom stereocenters. The molecule has 2 aromatic carbocycles. The number of aromatic nitrogens is 5. The highest BCUT2D eigenvalue weighted by Crippen LogP contribution is 2.29. The van der Waals surface area contributed by atoms with Gasteiger partial charge in [0.1, 0.15) is 29.1 Å². The van der Waals surface area contributed by atoms with Crippen LogP contribution < -0.4 is 10.1 Å². The molecule has 0 spiro atoms. The number of benzene rings is 2. The SMILES string of the molecule is COc1ccccc1-c1cc(C(=O)N2CCCC(=O)N3CCCC[C@H]3C(=O)N[C@H](Cc3ccccc3)c3nc(C)nn3CC2)[nH]n1. The van der Waals surface area contributed by atoms with Gasteiger partial charge in [-0.05, 0) is 62.8 Å². The van der Waals surface area contributed by atoms with Gasteiger partial charge in [0, 0.05) is 31.6 Å². The minimum Gasteiger partial charge on any atom is -0.496 e. The van der Waals surface area contributed by atoms with E-state index in [0.717, 1.165) is 24.0 Å². The standard InChI is InChI=1S/C34H40N8O4/c1-23-35-32-27(21-24-11-4-3-5-12-24)36-33(44)29-14-8-9-18-41(29)31(43)16-10-17-40(19-20-42(32)39-23)34(45)28-22-26(37-38-28)25-13-6-7-15-30(25)46-2/h3-7,11-13,15,22,27,29H,8-10,14,16-21H2,1-2H3,(H,36,44)(H,37,38)/t27-,29+/m1/s1. The molecule has 0 aliphatic carbocycles. The lowest BCUT2D eigenvalue weighted by Gasteiger charge is -2.36. The third-order valence-corrected chi connectivity index (χ3v) is 8.72. The number of rotatable bonds is 5. The largest absolute Gasteiger partial charge is 0.496 e. The summed E-state index contributed by atoms with van der Waals surface area (Å²) in [6.45, 7) is 3.40. The molecule has 0 saturated carbocycles. The van der Waals surface area contributed by atoms with Gasteiger partial charge in [-0.2, -0.15) is 10.2 Å². The minimum absolute atomic E-state index is 0.0667. The number of fused-ring (bicyclic) bond motifs is 2. The molecule has 12 heteroatoms. The van der Waals surface area contributed by atoms with Crippen molar-refractivity contribution in [3.8, 4) is 17.0 Å². The highest BCUT2D eigenvalue weighted by atomic mass is 16.5. The monoisotopic (exact) mass is 624 g/mol. The molecule has 0 radical (unpaired) electrons. The lowest BCUT2D eigenvalue weighted by Crippen LogP contribution is -2.53. The lowest BCUT2D eigenvalue weighted by molar-refractivity contribution is -0.142. The number of aryl methyl sites for hydroxylation is 1. The summed E-state index contributed by atoms with van der Waals surface area (Å²) in [7, 11) is 1.60. The fourth-order valence-corrected chi connectivity index (χ4v) is 6.41. The van der Waals surface area contributed by atoms with Crippen molar-refractivity contribution in [2.24, 2.45) is 0 Å². The van der Waals surface area contributed by atoms with Crippen molar-refractivity contribution in [2.45, 2.75) is 64.1 Å². The van der Waals surface area contributed by atoms with Crippen molar-refractivity contribution >= 4 is 17.7 Å². The van der Waals surface area contributed by atoms with Gasteiger partial charge in [-0.25, -0.2) is 9.67 Å². The molecule has 2 aliphatic rings. The summed E-state index contributed by atoms with van der Waals surface area (Å²) in [5.41, 5.74) is 2.76. The van der Waals surface area contributed by atoms with Gasteiger partial charge < -0.3 is 19.9 Å². The van der Waals surface area contributed by atoms with Crippen LogP contribution in [0, 0.1) is 6.92 Å². The van der Waals surface area contributed by atoms with Crippen molar-refractivity contribution in [3.05, 3.63) is 83.6 Å². The van der Waals surface area contributed by atoms with E-state index in [0.29, 0.717) is 74.2 Å². The molecule has 240 valence electrons. The number of carbonyl (C=O) groups excluding carboxylic acids is 3. The number of nitrogens with one attached hydrogen (secondary N) is 2. The third kappa shape index (κ3) is 6.80. The summed E-state index contributed by atoms with van der Waals surface area (Å²) in [5.74, 6) is 1.40. The predicted octanol–water partition coefficient (Wildman–Crippen LogP) is 3.70. The average Bonchev–Trinajstić information content (AvgIpc) is 3.72. The van der Waals surface area contributed by atoms with Crippen LogP contribution in [0.5, 0.6) is 5.75 Å². The minimum atomic E-state index is -0.545. The summed E-state index contributed by atoms with van der Waals surface area (Å²) < 4.78 is 7.29. The first-order valence-electron chi connectivity index (χ1n) is 15.9. The first kappa shape index (κ1) is 31.0. The smallest absolute Gasteiger partial charge is 0.271 e. The number of piperidine rings is 1. The Balaban J connectivity index is 1.31. The second-order valence-corrected chi connectivity index (χ2v) is 11.9. The Morgan fingerprint density at radius 1 is 0.978 bits per heavy atom. The number of ether oxygens (including phenoxy) is 1. The zero-order valence-electron chi connectivity index (χ0n) is 26.3. The van der Waals surface area contributed by atoms with Crippen LogP contribution in [0.4, 0.5) is 0 Å². The molecule has 6 rings (SSSR count). The van der Waals surface area contributed by atoms with E-state index in [4.69, 9.17) is 9.72 Å². The van der Waals surface area contributed by atoms with E-state index in [1.165, 1.54) is 0 Å². The fraction of sp³-hybridized carbons (Fsp3) is 0.412. The van der Waals surface area contributed by atoms with Gasteiger partial charge in [0.25, 0.3) is 5.91 Å². The highest BCUT2D eigenvalue weighted by Gasteiger charge is 2.34. The number of amides is 3. The van der Waals surface area contributed by atoms with Crippen molar-refractivity contribution in [2.75, 3.05) is 26.7 Å². The van der Waals surface area contributed by atoms with Gasteiger partial charge in [0.05, 0.1) is 25.4 Å². The van der Waals surface area contributed by atoms with Gasteiger partial charge in [-0.15, -0.1) is 0 Å². The Hall–Kier alpha value is -5.00. The number of para-hydroxylation sites is 1. The third-order valence-electron chi connectivity index (χ3n) is 8.72. The molecule has 2 aromatic heterocycles. The van der Waals surface area contributed by atoms with Crippen LogP contribution in [0.1, 0.15) is 65.8 Å². The molecule has 3 amide bonds. The van der Waals surface area contributed by atoms with Crippen LogP contribution >= 0.6 is 0 Å². The first-order chi connectivity index (χ1) is 22.4. The van der Waals surface area contributed by atoms with E-state index in [1.54, 1.807) is 27.7 Å². The predicted molar refractivity (Wildman–Crippen MR) is 171 cm³/mol. The second kappa shape index (κ2) is 14.0. The molecule has 4 aromatic rings. The van der Waals surface area contributed by atoms with Crippen molar-refractivity contribution < 1.29 is 19.1 Å². The van der Waals surface area contributed by atoms with Crippen LogP contribution in [-0.4, -0.2) is 85.3 Å². The van der Waals surface area contributed by atoms with Crippen molar-refractivity contribution in [1.29, 1.82) is 0 Å². The number of hydrogen-bond acceptors (Lipinski definition) is 7. The zero-order chi connectivity index (χ0) is 32.0. The molecule has 2 atom stereocenters. The number of H-pyrrole nitrogens is 1. The molecule has 0 bridgehead atoms. The lowest BCUT2D eigenvalue weighted by atomic mass is 9.99. The Kier molecular flexibility index (Phi) is 9.41. The maximum atomic E-state index is 13.9. The van der Waals surface area contributed by atoms with Crippen molar-refractivity contribution in [3.63, 3.8) is 0 Å². The summed E-state index contributed by atoms with van der Waals surface area (Å²) >= 11 is 0. The van der Waals surface area contributed by atoms with E-state index in [1.807, 2.05) is 61.5 Å². The first-order valence-corrected chi connectivity index (χ1v) is 15.9. The van der Waals surface area contributed by atoms with E-state index in [2.05, 4.69) is 20.6 Å². The summed E-state index contributed by atoms with van der Waals surface area (Å²) in [5, 5.41) is 15.2. The summed E-state index contributed by atoms with van der Waals surface area (Å²) in [4.78, 5) is 49.4. The zero-order valence-corrected chi connectivity index (χ0v) is 26.3. The molecule has 46 heavy (non-hydrogen) atoms. The van der Waals surface area contributed by atoms with Gasteiger partial charge >= 0.3 is 0 Å². The van der Waals surface area contributed by atoms with Gasteiger partial charge in [-0.3, -0.25) is 19.5 Å². The van der Waals surface area contributed by atoms with E-state index in [9.17, 15) is 14.4 Å². The fourth-order valence-electron chi connectivity index (χ4n) is 6.41. The topological polar surface area (TPSA) is 138 Å². The molecule has 2 aliphatic heterocycles. The molecule has 12 nitrogen and oxygen atoms in total. The van der Waals surface area contributed by atoms with E-state index >= 15 is 0 Å². The van der Waals surface area contributed by atoms with Crippen LogP contribution in [0.15, 0.2) is 60.7 Å². The van der Waals surface area contributed by atoms with Crippen LogP contribution in [-0.2, 0) is 22.6 Å². The Bertz CT molecular complexity index is 1680. The molecule has 4 heterocycles. The van der Waals surface area contributed by atoms with Crippen LogP contribution in [0.3, 0.4) is 0 Å². The quantitative estimate of drug-likeness (QED) is 0.345. The van der Waals surface area contributed by atoms with Gasteiger partial charge in [-0.1, -0.05) is 42.5 Å². The van der Waals surface area contributed by atoms with Crippen LogP contribution in [0.25, 0.3) is 11.3 Å². The summed E-state index contributed by atoms with van der Waals surface area (Å²) in [6, 6.07) is 18.2. The molecule has 2 N–H and O–H groups in total. The number of methoxy groups -OCH3 is 1. The molecule has 1 saturated heterocycles. The average molecular weight is 625 g/mol. The Morgan fingerprint density at radius 2 is 1.78 bits per heavy atom. The normalized spacial score (nSPS) is 19.5. The number of nitrogens with zero attached hydrogens (tertiary/aromatic N) is 6. The van der Waals surface area contributed by atoms with Gasteiger partial charge in [0.2, 0.25) is 11.8 Å². The van der Waals surface area contributed by atoms with Crippen molar-refractivity contribution in [1.82, 2.24) is 40.1 Å². The summed E-state index contributed by atoms with van der Waals surface area (Å²) in [6.07, 6.45) is 3.56.